The number of carbonyl (C=O) groups is 4. The predicted molar refractivity (Wildman–Crippen MR) is 119 cm³/mol. The third-order valence-corrected chi connectivity index (χ3v) is 4.76. The van der Waals surface area contributed by atoms with Gasteiger partial charge in [-0.15, -0.1) is 0 Å². The minimum atomic E-state index is -0.546. The van der Waals surface area contributed by atoms with E-state index >= 15 is 0 Å². The maximum Gasteiger partial charge on any atom is 0.265 e. The van der Waals surface area contributed by atoms with Crippen LogP contribution in [0.15, 0.2) is 78.9 Å². The number of carbonyl (C=O) groups excluding carboxylic acids is 4. The molecule has 0 aliphatic carbocycles. The lowest BCUT2D eigenvalue weighted by atomic mass is 10.1. The Balaban J connectivity index is 2.19. The Hall–Kier alpha value is -4.06. The van der Waals surface area contributed by atoms with Crippen molar-refractivity contribution in [2.24, 2.45) is 0 Å². The molecule has 0 spiro atoms. The van der Waals surface area contributed by atoms with Crippen LogP contribution >= 0.6 is 0 Å². The van der Waals surface area contributed by atoms with Crippen LogP contribution < -0.4 is 9.80 Å². The van der Waals surface area contributed by atoms with Crippen LogP contribution in [0.5, 0.6) is 0 Å². The summed E-state index contributed by atoms with van der Waals surface area (Å²) in [6.07, 6.45) is 0. The number of anilines is 2. The zero-order chi connectivity index (χ0) is 22.5. The van der Waals surface area contributed by atoms with Crippen molar-refractivity contribution in [3.05, 3.63) is 95.6 Å². The number of hydrogen-bond acceptors (Lipinski definition) is 4. The first-order chi connectivity index (χ1) is 14.8. The van der Waals surface area contributed by atoms with Crippen LogP contribution in [0.3, 0.4) is 0 Å². The normalized spacial score (nSPS) is 10.3. The van der Waals surface area contributed by atoms with Gasteiger partial charge < -0.3 is 0 Å². The van der Waals surface area contributed by atoms with E-state index in [9.17, 15) is 19.2 Å². The highest BCUT2D eigenvalue weighted by Gasteiger charge is 2.31. The average molecular weight is 414 g/mol. The van der Waals surface area contributed by atoms with Crippen molar-refractivity contribution in [1.29, 1.82) is 0 Å². The van der Waals surface area contributed by atoms with Gasteiger partial charge in [0.15, 0.2) is 0 Å². The second kappa shape index (κ2) is 9.17. The Morgan fingerprint density at radius 2 is 1.03 bits per heavy atom. The first-order valence-corrected chi connectivity index (χ1v) is 9.72. The van der Waals surface area contributed by atoms with E-state index in [0.29, 0.717) is 16.7 Å². The first kappa shape index (κ1) is 21.6. The predicted octanol–water partition coefficient (Wildman–Crippen LogP) is 4.38. The van der Waals surface area contributed by atoms with Crippen molar-refractivity contribution in [3.63, 3.8) is 0 Å². The average Bonchev–Trinajstić information content (AvgIpc) is 2.76. The quantitative estimate of drug-likeness (QED) is 0.635. The van der Waals surface area contributed by atoms with Crippen LogP contribution in [0.25, 0.3) is 0 Å². The zero-order valence-corrected chi connectivity index (χ0v) is 17.5. The van der Waals surface area contributed by atoms with Crippen LogP contribution in [-0.4, -0.2) is 23.6 Å². The molecule has 31 heavy (non-hydrogen) atoms. The highest BCUT2D eigenvalue weighted by Crippen LogP contribution is 2.35. The van der Waals surface area contributed by atoms with Gasteiger partial charge in [-0.3, -0.25) is 19.2 Å². The van der Waals surface area contributed by atoms with Gasteiger partial charge in [-0.05, 0) is 42.8 Å². The van der Waals surface area contributed by atoms with E-state index in [-0.39, 0.29) is 11.4 Å². The SMILES string of the molecule is CC(=O)N(C(=O)c1ccccc1)c1cccc(C)c1N(C(C)=O)C(=O)c1ccccc1. The molecular weight excluding hydrogens is 392 g/mol. The van der Waals surface area contributed by atoms with Gasteiger partial charge in [0, 0.05) is 25.0 Å². The number of imide groups is 2. The maximum atomic E-state index is 13.2. The van der Waals surface area contributed by atoms with E-state index in [2.05, 4.69) is 0 Å². The molecule has 0 heterocycles. The summed E-state index contributed by atoms with van der Waals surface area (Å²) in [6.45, 7) is 4.26. The Morgan fingerprint density at radius 1 is 0.581 bits per heavy atom. The van der Waals surface area contributed by atoms with E-state index in [1.165, 1.54) is 13.8 Å². The number of nitrogens with zero attached hydrogens (tertiary/aromatic N) is 2. The fourth-order valence-corrected chi connectivity index (χ4v) is 3.36. The topological polar surface area (TPSA) is 74.8 Å². The van der Waals surface area contributed by atoms with Gasteiger partial charge in [0.25, 0.3) is 11.8 Å². The van der Waals surface area contributed by atoms with Gasteiger partial charge in [0.1, 0.15) is 0 Å². The molecule has 4 amide bonds. The van der Waals surface area contributed by atoms with Crippen LogP contribution in [0.2, 0.25) is 0 Å². The molecule has 3 aromatic carbocycles. The molecule has 0 aliphatic heterocycles. The lowest BCUT2D eigenvalue weighted by molar-refractivity contribution is -0.117. The molecule has 156 valence electrons. The summed E-state index contributed by atoms with van der Waals surface area (Å²) < 4.78 is 0. The summed E-state index contributed by atoms with van der Waals surface area (Å²) >= 11 is 0. The van der Waals surface area contributed by atoms with Gasteiger partial charge in [0.2, 0.25) is 11.8 Å². The molecule has 3 aromatic rings. The second-order valence-electron chi connectivity index (χ2n) is 6.99. The molecule has 3 rings (SSSR count). The number of amides is 4. The van der Waals surface area contributed by atoms with Crippen LogP contribution in [0.4, 0.5) is 11.4 Å². The fourth-order valence-electron chi connectivity index (χ4n) is 3.36. The summed E-state index contributed by atoms with van der Waals surface area (Å²) in [5.74, 6) is -2.15. The first-order valence-electron chi connectivity index (χ1n) is 9.72. The van der Waals surface area contributed by atoms with Crippen molar-refractivity contribution in [3.8, 4) is 0 Å². The number of aryl methyl sites for hydroxylation is 1. The smallest absolute Gasteiger partial charge is 0.265 e. The third-order valence-electron chi connectivity index (χ3n) is 4.76. The molecule has 0 saturated heterocycles. The molecule has 0 saturated carbocycles. The third kappa shape index (κ3) is 4.43. The standard InChI is InChI=1S/C25H22N2O4/c1-17-11-10-16-22(26(18(2)28)24(30)20-12-6-4-7-13-20)23(17)27(19(3)29)25(31)21-14-8-5-9-15-21/h4-16H,1-3H3. The Labute approximate surface area is 180 Å². The Kier molecular flexibility index (Phi) is 6.40. The second-order valence-corrected chi connectivity index (χ2v) is 6.99. The molecule has 0 atom stereocenters. The van der Waals surface area contributed by atoms with Crippen LogP contribution in [0, 0.1) is 6.92 Å². The highest BCUT2D eigenvalue weighted by atomic mass is 16.2. The summed E-state index contributed by atoms with van der Waals surface area (Å²) in [6, 6.07) is 21.7. The summed E-state index contributed by atoms with van der Waals surface area (Å²) in [5, 5.41) is 0. The van der Waals surface area contributed by atoms with Crippen molar-refractivity contribution in [2.45, 2.75) is 20.8 Å². The largest absolute Gasteiger partial charge is 0.274 e. The lowest BCUT2D eigenvalue weighted by Crippen LogP contribution is -2.40. The Morgan fingerprint density at radius 3 is 1.48 bits per heavy atom. The molecule has 0 bridgehead atoms. The zero-order valence-electron chi connectivity index (χ0n) is 17.5. The Bertz CT molecular complexity index is 1140. The van der Waals surface area contributed by atoms with Crippen molar-refractivity contribution in [1.82, 2.24) is 0 Å². The van der Waals surface area contributed by atoms with E-state index < -0.39 is 23.6 Å². The molecule has 0 fully saturated rings. The van der Waals surface area contributed by atoms with E-state index in [4.69, 9.17) is 0 Å². The lowest BCUT2D eigenvalue weighted by Gasteiger charge is -2.28. The van der Waals surface area contributed by atoms with Crippen LogP contribution in [-0.2, 0) is 9.59 Å². The van der Waals surface area contributed by atoms with Crippen molar-refractivity contribution >= 4 is 35.0 Å². The van der Waals surface area contributed by atoms with E-state index in [1.807, 2.05) is 0 Å². The van der Waals surface area contributed by atoms with Crippen LogP contribution in [0.1, 0.15) is 40.1 Å². The molecule has 0 radical (unpaired) electrons. The fraction of sp³-hybridized carbons (Fsp3) is 0.120. The van der Waals surface area contributed by atoms with E-state index in [1.54, 1.807) is 85.8 Å². The molecule has 0 N–H and O–H groups in total. The molecule has 0 aliphatic rings. The summed E-state index contributed by atoms with van der Waals surface area (Å²) in [4.78, 5) is 53.6. The molecule has 6 nitrogen and oxygen atoms in total. The highest BCUT2D eigenvalue weighted by molar-refractivity contribution is 6.26. The molecule has 0 aromatic heterocycles. The van der Waals surface area contributed by atoms with Gasteiger partial charge in [0.05, 0.1) is 11.4 Å². The molecule has 6 heteroatoms. The van der Waals surface area contributed by atoms with E-state index in [0.717, 1.165) is 9.80 Å². The van der Waals surface area contributed by atoms with Crippen molar-refractivity contribution < 1.29 is 19.2 Å². The molecular formula is C25H22N2O4. The number of rotatable bonds is 4. The number of hydrogen-bond donors (Lipinski definition) is 0. The van der Waals surface area contributed by atoms with Gasteiger partial charge >= 0.3 is 0 Å². The number of benzene rings is 3. The number of para-hydroxylation sites is 1. The maximum absolute atomic E-state index is 13.2. The summed E-state index contributed by atoms with van der Waals surface area (Å²) in [5.41, 5.74) is 1.57. The minimum Gasteiger partial charge on any atom is -0.274 e. The summed E-state index contributed by atoms with van der Waals surface area (Å²) in [7, 11) is 0. The molecule has 0 unspecified atom stereocenters. The van der Waals surface area contributed by atoms with Gasteiger partial charge in [-0.2, -0.15) is 0 Å². The minimum absolute atomic E-state index is 0.167. The van der Waals surface area contributed by atoms with Crippen molar-refractivity contribution in [2.75, 3.05) is 9.80 Å². The monoisotopic (exact) mass is 414 g/mol. The van der Waals surface area contributed by atoms with Gasteiger partial charge in [-0.25, -0.2) is 9.80 Å². The van der Waals surface area contributed by atoms with Gasteiger partial charge in [-0.1, -0.05) is 48.5 Å².